The Labute approximate surface area is 121 Å². The summed E-state index contributed by atoms with van der Waals surface area (Å²) in [7, 11) is 2.18. The number of hydrogen-bond donors (Lipinski definition) is 1. The van der Waals surface area contributed by atoms with Crippen LogP contribution in [0.15, 0.2) is 6.07 Å². The molecule has 0 unspecified atom stereocenters. The Morgan fingerprint density at radius 3 is 3.00 bits per heavy atom. The number of nitrogens with zero attached hydrogens (tertiary/aromatic N) is 3. The fraction of sp³-hybridized carbons (Fsp3) is 0.538. The van der Waals surface area contributed by atoms with Crippen molar-refractivity contribution >= 4 is 39.0 Å². The van der Waals surface area contributed by atoms with Gasteiger partial charge in [0.05, 0.1) is 5.39 Å². The Hall–Kier alpha value is -0.910. The third-order valence-electron chi connectivity index (χ3n) is 3.42. The molecule has 0 aliphatic heterocycles. The number of rotatable bonds is 5. The molecule has 2 heterocycles. The zero-order chi connectivity index (χ0) is 13.4. The molecule has 6 heteroatoms. The first kappa shape index (κ1) is 13.1. The highest BCUT2D eigenvalue weighted by atomic mass is 35.5. The summed E-state index contributed by atoms with van der Waals surface area (Å²) < 4.78 is 0. The van der Waals surface area contributed by atoms with Gasteiger partial charge in [0.1, 0.15) is 10.6 Å². The molecule has 0 spiro atoms. The molecule has 4 nitrogen and oxygen atoms in total. The number of halogens is 1. The van der Waals surface area contributed by atoms with E-state index in [9.17, 15) is 0 Å². The summed E-state index contributed by atoms with van der Waals surface area (Å²) in [6.45, 7) is 3.98. The number of likely N-dealkylation sites (N-methyl/N-ethyl adjacent to an activating group) is 1. The second-order valence-electron chi connectivity index (χ2n) is 5.06. The van der Waals surface area contributed by atoms with Crippen LogP contribution in [0.2, 0.25) is 5.28 Å². The average molecular weight is 297 g/mol. The highest BCUT2D eigenvalue weighted by Crippen LogP contribution is 2.29. The normalized spacial score (nSPS) is 15.4. The number of thiophene rings is 1. The molecule has 0 saturated heterocycles. The lowest BCUT2D eigenvalue weighted by atomic mass is 10.3. The standard InChI is InChI=1S/C13H17ClN4S/c1-8-7-10-11(16-13(14)17-12(10)19-8)15-5-6-18(2)9-3-4-9/h7,9H,3-6H2,1-2H3,(H,15,16,17). The van der Waals surface area contributed by atoms with Crippen molar-refractivity contribution in [3.05, 3.63) is 16.2 Å². The van der Waals surface area contributed by atoms with E-state index in [1.807, 2.05) is 0 Å². The molecule has 19 heavy (non-hydrogen) atoms. The monoisotopic (exact) mass is 296 g/mol. The molecular formula is C13H17ClN4S. The van der Waals surface area contributed by atoms with E-state index in [0.29, 0.717) is 5.28 Å². The lowest BCUT2D eigenvalue weighted by Gasteiger charge is -2.16. The number of aromatic nitrogens is 2. The third kappa shape index (κ3) is 2.99. The number of aryl methyl sites for hydroxylation is 1. The summed E-state index contributed by atoms with van der Waals surface area (Å²) >= 11 is 7.62. The van der Waals surface area contributed by atoms with Gasteiger partial charge in [0, 0.05) is 24.0 Å². The molecule has 0 bridgehead atoms. The van der Waals surface area contributed by atoms with Crippen LogP contribution in [-0.2, 0) is 0 Å². The molecule has 0 radical (unpaired) electrons. The molecule has 1 aliphatic rings. The zero-order valence-corrected chi connectivity index (χ0v) is 12.7. The molecule has 2 aromatic rings. The van der Waals surface area contributed by atoms with E-state index in [0.717, 1.165) is 35.2 Å². The Balaban J connectivity index is 1.72. The van der Waals surface area contributed by atoms with Crippen LogP contribution in [0.3, 0.4) is 0 Å². The molecule has 1 aliphatic carbocycles. The van der Waals surface area contributed by atoms with Gasteiger partial charge in [-0.15, -0.1) is 11.3 Å². The third-order valence-corrected chi connectivity index (χ3v) is 4.53. The first-order valence-electron chi connectivity index (χ1n) is 6.51. The van der Waals surface area contributed by atoms with Crippen LogP contribution in [0, 0.1) is 6.92 Å². The summed E-state index contributed by atoms with van der Waals surface area (Å²) in [5.74, 6) is 0.851. The maximum atomic E-state index is 5.97. The molecule has 0 atom stereocenters. The average Bonchev–Trinajstić information content (AvgIpc) is 3.12. The van der Waals surface area contributed by atoms with E-state index >= 15 is 0 Å². The van der Waals surface area contributed by atoms with Crippen LogP contribution in [0.4, 0.5) is 5.82 Å². The minimum Gasteiger partial charge on any atom is -0.368 e. The van der Waals surface area contributed by atoms with Gasteiger partial charge in [-0.05, 0) is 44.5 Å². The van der Waals surface area contributed by atoms with E-state index in [-0.39, 0.29) is 0 Å². The van der Waals surface area contributed by atoms with Gasteiger partial charge in [-0.2, -0.15) is 0 Å². The van der Waals surface area contributed by atoms with Gasteiger partial charge in [-0.1, -0.05) is 0 Å². The maximum absolute atomic E-state index is 5.97. The number of nitrogens with one attached hydrogen (secondary N) is 1. The Morgan fingerprint density at radius 2 is 2.26 bits per heavy atom. The highest BCUT2D eigenvalue weighted by molar-refractivity contribution is 7.18. The van der Waals surface area contributed by atoms with E-state index in [4.69, 9.17) is 11.6 Å². The summed E-state index contributed by atoms with van der Waals surface area (Å²) in [4.78, 5) is 13.1. The van der Waals surface area contributed by atoms with Crippen molar-refractivity contribution in [2.24, 2.45) is 0 Å². The van der Waals surface area contributed by atoms with Crippen LogP contribution >= 0.6 is 22.9 Å². The molecule has 1 N–H and O–H groups in total. The number of fused-ring (bicyclic) bond motifs is 1. The molecular weight excluding hydrogens is 280 g/mol. The van der Waals surface area contributed by atoms with Crippen LogP contribution < -0.4 is 5.32 Å². The topological polar surface area (TPSA) is 41.0 Å². The summed E-state index contributed by atoms with van der Waals surface area (Å²) in [6.07, 6.45) is 2.67. The van der Waals surface area contributed by atoms with Crippen molar-refractivity contribution in [3.63, 3.8) is 0 Å². The summed E-state index contributed by atoms with van der Waals surface area (Å²) in [6, 6.07) is 2.91. The SMILES string of the molecule is Cc1cc2c(NCCN(C)C3CC3)nc(Cl)nc2s1. The minimum atomic E-state index is 0.312. The number of anilines is 1. The Morgan fingerprint density at radius 1 is 1.47 bits per heavy atom. The van der Waals surface area contributed by atoms with Crippen molar-refractivity contribution in [2.75, 3.05) is 25.5 Å². The van der Waals surface area contributed by atoms with Gasteiger partial charge in [-0.25, -0.2) is 9.97 Å². The summed E-state index contributed by atoms with van der Waals surface area (Å²) in [5, 5.41) is 4.77. The Bertz CT molecular complexity index is 594. The quantitative estimate of drug-likeness (QED) is 0.861. The molecule has 2 aromatic heterocycles. The van der Waals surface area contributed by atoms with Crippen molar-refractivity contribution in [2.45, 2.75) is 25.8 Å². The van der Waals surface area contributed by atoms with Crippen molar-refractivity contribution in [3.8, 4) is 0 Å². The van der Waals surface area contributed by atoms with E-state index in [2.05, 4.69) is 40.2 Å². The van der Waals surface area contributed by atoms with Gasteiger partial charge in [0.25, 0.3) is 0 Å². The highest BCUT2D eigenvalue weighted by Gasteiger charge is 2.25. The maximum Gasteiger partial charge on any atom is 0.225 e. The van der Waals surface area contributed by atoms with Gasteiger partial charge in [0.2, 0.25) is 5.28 Å². The second kappa shape index (κ2) is 5.23. The van der Waals surface area contributed by atoms with E-state index in [1.165, 1.54) is 17.7 Å². The van der Waals surface area contributed by atoms with Crippen LogP contribution in [-0.4, -0.2) is 41.0 Å². The van der Waals surface area contributed by atoms with E-state index in [1.54, 1.807) is 11.3 Å². The molecule has 3 rings (SSSR count). The van der Waals surface area contributed by atoms with Crippen molar-refractivity contribution in [1.29, 1.82) is 0 Å². The van der Waals surface area contributed by atoms with Crippen LogP contribution in [0.1, 0.15) is 17.7 Å². The van der Waals surface area contributed by atoms with Crippen molar-refractivity contribution in [1.82, 2.24) is 14.9 Å². The van der Waals surface area contributed by atoms with Gasteiger partial charge in [-0.3, -0.25) is 0 Å². The largest absolute Gasteiger partial charge is 0.368 e. The van der Waals surface area contributed by atoms with Crippen LogP contribution in [0.5, 0.6) is 0 Å². The molecule has 1 fully saturated rings. The molecule has 1 saturated carbocycles. The minimum absolute atomic E-state index is 0.312. The van der Waals surface area contributed by atoms with Crippen molar-refractivity contribution < 1.29 is 0 Å². The first-order chi connectivity index (χ1) is 9.13. The molecule has 0 aromatic carbocycles. The van der Waals surface area contributed by atoms with Gasteiger partial charge >= 0.3 is 0 Å². The zero-order valence-electron chi connectivity index (χ0n) is 11.1. The number of hydrogen-bond acceptors (Lipinski definition) is 5. The van der Waals surface area contributed by atoms with Gasteiger partial charge < -0.3 is 10.2 Å². The lowest BCUT2D eigenvalue weighted by Crippen LogP contribution is -2.27. The molecule has 102 valence electrons. The predicted molar refractivity (Wildman–Crippen MR) is 81.3 cm³/mol. The van der Waals surface area contributed by atoms with Crippen LogP contribution in [0.25, 0.3) is 10.2 Å². The summed E-state index contributed by atoms with van der Waals surface area (Å²) in [5.41, 5.74) is 0. The second-order valence-corrected chi connectivity index (χ2v) is 6.63. The molecule has 0 amide bonds. The fourth-order valence-electron chi connectivity index (χ4n) is 2.20. The smallest absolute Gasteiger partial charge is 0.225 e. The Kier molecular flexibility index (Phi) is 3.60. The predicted octanol–water partition coefficient (Wildman–Crippen LogP) is 3.16. The van der Waals surface area contributed by atoms with Gasteiger partial charge in [0.15, 0.2) is 0 Å². The lowest BCUT2D eigenvalue weighted by molar-refractivity contribution is 0.337. The fourth-order valence-corrected chi connectivity index (χ4v) is 3.30. The first-order valence-corrected chi connectivity index (χ1v) is 7.71. The van der Waals surface area contributed by atoms with E-state index < -0.39 is 0 Å².